The first-order valence-corrected chi connectivity index (χ1v) is 16.7. The summed E-state index contributed by atoms with van der Waals surface area (Å²) in [6.07, 6.45) is 8.47. The molecule has 2 heterocycles. The van der Waals surface area contributed by atoms with E-state index >= 15 is 0 Å². The SMILES string of the molecule is CCCC[N+]1(CCOCCN2CCCCC2C(=O)Nc2c(C)cccc2C)CCCCC1C(=O)Nc1c(C)cccc1C. The zero-order chi connectivity index (χ0) is 30.8. The van der Waals surface area contributed by atoms with E-state index < -0.39 is 0 Å². The molecule has 4 rings (SSSR count). The Bertz CT molecular complexity index is 1190. The van der Waals surface area contributed by atoms with Gasteiger partial charge in [0.15, 0.2) is 6.04 Å². The summed E-state index contributed by atoms with van der Waals surface area (Å²) in [6.45, 7) is 16.2. The van der Waals surface area contributed by atoms with Gasteiger partial charge in [0, 0.05) is 24.3 Å². The summed E-state index contributed by atoms with van der Waals surface area (Å²) in [6, 6.07) is 12.1. The van der Waals surface area contributed by atoms with Gasteiger partial charge in [-0.25, -0.2) is 0 Å². The molecule has 7 heteroatoms. The van der Waals surface area contributed by atoms with Gasteiger partial charge in [0.1, 0.15) is 6.54 Å². The zero-order valence-electron chi connectivity index (χ0n) is 27.3. The van der Waals surface area contributed by atoms with Crippen molar-refractivity contribution in [2.75, 3.05) is 56.6 Å². The third kappa shape index (κ3) is 8.46. The van der Waals surface area contributed by atoms with Crippen molar-refractivity contribution in [1.29, 1.82) is 0 Å². The quantitative estimate of drug-likeness (QED) is 0.205. The van der Waals surface area contributed by atoms with E-state index in [1.165, 1.54) is 0 Å². The maximum atomic E-state index is 13.8. The highest BCUT2D eigenvalue weighted by Gasteiger charge is 2.43. The van der Waals surface area contributed by atoms with Crippen LogP contribution in [0.5, 0.6) is 0 Å². The van der Waals surface area contributed by atoms with Crippen LogP contribution in [0.25, 0.3) is 0 Å². The first-order chi connectivity index (χ1) is 20.8. The number of quaternary nitrogens is 1. The second-order valence-corrected chi connectivity index (χ2v) is 12.9. The van der Waals surface area contributed by atoms with Crippen LogP contribution in [-0.4, -0.2) is 79.2 Å². The predicted octanol–water partition coefficient (Wildman–Crippen LogP) is 6.54. The summed E-state index contributed by atoms with van der Waals surface area (Å²) in [5, 5.41) is 6.55. The van der Waals surface area contributed by atoms with E-state index in [1.54, 1.807) is 0 Å². The number of rotatable bonds is 13. The van der Waals surface area contributed by atoms with Crippen LogP contribution in [0.15, 0.2) is 36.4 Å². The van der Waals surface area contributed by atoms with Crippen LogP contribution in [0.3, 0.4) is 0 Å². The normalized spacial score (nSPS) is 22.7. The zero-order valence-corrected chi connectivity index (χ0v) is 27.3. The Kier molecular flexibility index (Phi) is 12.2. The average Bonchev–Trinajstić information content (AvgIpc) is 3.00. The van der Waals surface area contributed by atoms with Crippen molar-refractivity contribution >= 4 is 23.2 Å². The monoisotopic (exact) mass is 591 g/mol. The van der Waals surface area contributed by atoms with Crippen molar-refractivity contribution < 1.29 is 18.8 Å². The van der Waals surface area contributed by atoms with Gasteiger partial charge in [0.05, 0.1) is 32.3 Å². The van der Waals surface area contributed by atoms with Crippen molar-refractivity contribution in [1.82, 2.24) is 4.90 Å². The molecule has 3 unspecified atom stereocenters. The number of benzene rings is 2. The minimum Gasteiger partial charge on any atom is -0.374 e. The summed E-state index contributed by atoms with van der Waals surface area (Å²) in [4.78, 5) is 29.5. The second kappa shape index (κ2) is 15.8. The Morgan fingerprint density at radius 2 is 1.42 bits per heavy atom. The molecule has 0 aromatic heterocycles. The number of amides is 2. The lowest BCUT2D eigenvalue weighted by atomic mass is 9.96. The Balaban J connectivity index is 1.35. The Labute approximate surface area is 260 Å². The van der Waals surface area contributed by atoms with Crippen molar-refractivity contribution in [2.45, 2.75) is 98.1 Å². The molecule has 2 aromatic rings. The topological polar surface area (TPSA) is 70.7 Å². The predicted molar refractivity (Wildman–Crippen MR) is 177 cm³/mol. The van der Waals surface area contributed by atoms with E-state index in [0.29, 0.717) is 13.2 Å². The number of carbonyl (C=O) groups excluding carboxylic acids is 2. The molecule has 0 radical (unpaired) electrons. The minimum atomic E-state index is -0.126. The second-order valence-electron chi connectivity index (χ2n) is 12.9. The molecule has 2 N–H and O–H groups in total. The number of aryl methyl sites for hydroxylation is 4. The van der Waals surface area contributed by atoms with Gasteiger partial charge in [0.2, 0.25) is 5.91 Å². The number of likely N-dealkylation sites (tertiary alicyclic amines) is 2. The van der Waals surface area contributed by atoms with Gasteiger partial charge < -0.3 is 19.9 Å². The van der Waals surface area contributed by atoms with Crippen LogP contribution in [0, 0.1) is 27.7 Å². The summed E-state index contributed by atoms with van der Waals surface area (Å²) in [7, 11) is 0. The van der Waals surface area contributed by atoms with Crippen molar-refractivity contribution in [3.63, 3.8) is 0 Å². The van der Waals surface area contributed by atoms with Gasteiger partial charge in [-0.1, -0.05) is 56.2 Å². The van der Waals surface area contributed by atoms with Crippen LogP contribution in [-0.2, 0) is 14.3 Å². The van der Waals surface area contributed by atoms with Gasteiger partial charge >= 0.3 is 0 Å². The summed E-state index contributed by atoms with van der Waals surface area (Å²) >= 11 is 0. The number of nitrogens with zero attached hydrogens (tertiary/aromatic N) is 2. The molecule has 0 bridgehead atoms. The van der Waals surface area contributed by atoms with E-state index in [-0.39, 0.29) is 23.9 Å². The number of nitrogens with one attached hydrogen (secondary N) is 2. The standard InChI is InChI=1S/C36H54N4O3/c1-6-7-22-40(23-11-9-19-32(40)36(42)38-34-29(4)16-13-17-30(34)5)24-26-43-25-21-39-20-10-8-18-31(39)35(41)37-33-27(2)14-12-15-28(33)3/h12-17,31-32H,6-11,18-26H2,1-5H3,(H-,37,38,41,42)/p+1. The maximum absolute atomic E-state index is 13.8. The minimum absolute atomic E-state index is 0.0528. The lowest BCUT2D eigenvalue weighted by Gasteiger charge is -2.47. The smallest absolute Gasteiger partial charge is 0.282 e. The summed E-state index contributed by atoms with van der Waals surface area (Å²) in [5.74, 6) is 0.242. The molecule has 3 atom stereocenters. The van der Waals surface area contributed by atoms with Crippen LogP contribution < -0.4 is 10.6 Å². The number of hydrogen-bond donors (Lipinski definition) is 2. The molecule has 2 fully saturated rings. The highest BCUT2D eigenvalue weighted by Crippen LogP contribution is 2.30. The number of carbonyl (C=O) groups is 2. The number of piperidine rings is 2. The van der Waals surface area contributed by atoms with Crippen molar-refractivity contribution in [3.05, 3.63) is 58.7 Å². The van der Waals surface area contributed by atoms with E-state index in [4.69, 9.17) is 4.74 Å². The Morgan fingerprint density at radius 1 is 0.814 bits per heavy atom. The van der Waals surface area contributed by atoms with Crippen LogP contribution >= 0.6 is 0 Å². The van der Waals surface area contributed by atoms with E-state index in [1.807, 2.05) is 38.1 Å². The summed E-state index contributed by atoms with van der Waals surface area (Å²) in [5.41, 5.74) is 6.31. The largest absolute Gasteiger partial charge is 0.374 e. The van der Waals surface area contributed by atoms with Gasteiger partial charge in [-0.15, -0.1) is 0 Å². The van der Waals surface area contributed by atoms with Crippen molar-refractivity contribution in [3.8, 4) is 0 Å². The van der Waals surface area contributed by atoms with E-state index in [0.717, 1.165) is 122 Å². The molecule has 0 saturated carbocycles. The highest BCUT2D eigenvalue weighted by molar-refractivity contribution is 5.96. The third-order valence-electron chi connectivity index (χ3n) is 9.83. The number of para-hydroxylation sites is 2. The molecule has 2 aliphatic heterocycles. The van der Waals surface area contributed by atoms with Crippen LogP contribution in [0.4, 0.5) is 11.4 Å². The molecule has 43 heavy (non-hydrogen) atoms. The lowest BCUT2D eigenvalue weighted by molar-refractivity contribution is -0.947. The number of ether oxygens (including phenoxy) is 1. The van der Waals surface area contributed by atoms with E-state index in [9.17, 15) is 9.59 Å². The molecule has 236 valence electrons. The molecule has 2 saturated heterocycles. The average molecular weight is 592 g/mol. The van der Waals surface area contributed by atoms with Crippen LogP contribution in [0.1, 0.15) is 80.5 Å². The number of hydrogen-bond acceptors (Lipinski definition) is 4. The fraction of sp³-hybridized carbons (Fsp3) is 0.611. The van der Waals surface area contributed by atoms with E-state index in [2.05, 4.69) is 48.4 Å². The Morgan fingerprint density at radius 3 is 2.05 bits per heavy atom. The molecule has 0 aliphatic carbocycles. The number of unbranched alkanes of at least 4 members (excludes halogenated alkanes) is 1. The molecule has 2 aliphatic rings. The molecule has 7 nitrogen and oxygen atoms in total. The lowest BCUT2D eigenvalue weighted by Crippen LogP contribution is -2.63. The maximum Gasteiger partial charge on any atom is 0.282 e. The molecular formula is C36H55N4O3+. The molecular weight excluding hydrogens is 536 g/mol. The third-order valence-corrected chi connectivity index (χ3v) is 9.83. The molecule has 0 spiro atoms. The first-order valence-electron chi connectivity index (χ1n) is 16.7. The first kappa shape index (κ1) is 33.2. The van der Waals surface area contributed by atoms with Gasteiger partial charge in [-0.05, 0) is 88.6 Å². The summed E-state index contributed by atoms with van der Waals surface area (Å²) < 4.78 is 7.11. The molecule has 2 amide bonds. The van der Waals surface area contributed by atoms with Gasteiger partial charge in [-0.3, -0.25) is 14.5 Å². The van der Waals surface area contributed by atoms with Crippen molar-refractivity contribution in [2.24, 2.45) is 0 Å². The Hall–Kier alpha value is -2.74. The van der Waals surface area contributed by atoms with Crippen LogP contribution in [0.2, 0.25) is 0 Å². The van der Waals surface area contributed by atoms with Gasteiger partial charge in [0.25, 0.3) is 5.91 Å². The highest BCUT2D eigenvalue weighted by atomic mass is 16.5. The van der Waals surface area contributed by atoms with Gasteiger partial charge in [-0.2, -0.15) is 0 Å². The fourth-order valence-electron chi connectivity index (χ4n) is 7.22. The molecule has 2 aromatic carbocycles. The number of anilines is 2. The fourth-order valence-corrected chi connectivity index (χ4v) is 7.22.